The minimum absolute atomic E-state index is 0.264. The number of hydrazone groups is 1. The third kappa shape index (κ3) is 3.89. The molecule has 0 spiro atoms. The van der Waals surface area contributed by atoms with Crippen LogP contribution in [0.2, 0.25) is 20.1 Å². The number of rotatable bonds is 3. The van der Waals surface area contributed by atoms with E-state index < -0.39 is 5.91 Å². The van der Waals surface area contributed by atoms with Crippen LogP contribution in [0, 0.1) is 0 Å². The Morgan fingerprint density at radius 1 is 0.952 bits per heavy atom. The summed E-state index contributed by atoms with van der Waals surface area (Å²) in [5.41, 5.74) is 3.09. The first-order valence-electron chi connectivity index (χ1n) is 5.72. The largest absolute Gasteiger partial charge is 0.272 e. The van der Waals surface area contributed by atoms with Gasteiger partial charge in [0.15, 0.2) is 0 Å². The summed E-state index contributed by atoms with van der Waals surface area (Å²) < 4.78 is 0. The van der Waals surface area contributed by atoms with Crippen molar-refractivity contribution in [2.24, 2.45) is 5.10 Å². The van der Waals surface area contributed by atoms with E-state index in [0.29, 0.717) is 26.2 Å². The molecule has 108 valence electrons. The lowest BCUT2D eigenvalue weighted by atomic mass is 10.2. The molecule has 3 nitrogen and oxygen atoms in total. The van der Waals surface area contributed by atoms with Crippen LogP contribution in [0.15, 0.2) is 41.5 Å². The van der Waals surface area contributed by atoms with Gasteiger partial charge in [0.1, 0.15) is 0 Å². The van der Waals surface area contributed by atoms with Gasteiger partial charge in [0.25, 0.3) is 5.91 Å². The Bertz CT molecular complexity index is 716. The van der Waals surface area contributed by atoms with Gasteiger partial charge >= 0.3 is 0 Å². The predicted molar refractivity (Wildman–Crippen MR) is 88.0 cm³/mol. The van der Waals surface area contributed by atoms with Crippen molar-refractivity contribution >= 4 is 58.5 Å². The fourth-order valence-electron chi connectivity index (χ4n) is 1.52. The Morgan fingerprint density at radius 2 is 1.62 bits per heavy atom. The first-order valence-corrected chi connectivity index (χ1v) is 7.23. The van der Waals surface area contributed by atoms with Crippen molar-refractivity contribution in [3.63, 3.8) is 0 Å². The van der Waals surface area contributed by atoms with E-state index in [1.807, 2.05) is 0 Å². The van der Waals surface area contributed by atoms with Crippen LogP contribution in [0.4, 0.5) is 0 Å². The Kier molecular flexibility index (Phi) is 5.48. The molecule has 0 fully saturated rings. The van der Waals surface area contributed by atoms with Gasteiger partial charge in [0, 0.05) is 5.56 Å². The zero-order valence-corrected chi connectivity index (χ0v) is 13.4. The van der Waals surface area contributed by atoms with Gasteiger partial charge < -0.3 is 0 Å². The molecule has 2 rings (SSSR count). The highest BCUT2D eigenvalue weighted by Gasteiger charge is 2.09. The number of hydrogen-bond donors (Lipinski definition) is 1. The van der Waals surface area contributed by atoms with Crippen molar-refractivity contribution < 1.29 is 4.79 Å². The first-order chi connectivity index (χ1) is 10.0. The molecular weight excluding hydrogens is 354 g/mol. The van der Waals surface area contributed by atoms with Crippen LogP contribution in [0.3, 0.4) is 0 Å². The molecule has 0 bridgehead atoms. The van der Waals surface area contributed by atoms with Crippen LogP contribution in [0.1, 0.15) is 15.9 Å². The Balaban J connectivity index is 2.15. The maximum atomic E-state index is 11.9. The SMILES string of the molecule is O=C(N/N=C\c1c(Cl)ccc(Cl)c1Cl)c1ccccc1Cl. The van der Waals surface area contributed by atoms with E-state index in [-0.39, 0.29) is 5.02 Å². The zero-order chi connectivity index (χ0) is 15.4. The molecule has 0 aliphatic heterocycles. The molecule has 0 atom stereocenters. The van der Waals surface area contributed by atoms with Crippen molar-refractivity contribution in [2.75, 3.05) is 0 Å². The highest BCUT2D eigenvalue weighted by molar-refractivity contribution is 6.45. The minimum atomic E-state index is -0.439. The molecule has 1 amide bonds. The summed E-state index contributed by atoms with van der Waals surface area (Å²) in [5.74, 6) is -0.439. The van der Waals surface area contributed by atoms with Gasteiger partial charge in [-0.15, -0.1) is 0 Å². The second-order valence-electron chi connectivity index (χ2n) is 3.94. The van der Waals surface area contributed by atoms with E-state index >= 15 is 0 Å². The Hall–Kier alpha value is -1.26. The summed E-state index contributed by atoms with van der Waals surface area (Å²) in [6.45, 7) is 0. The highest BCUT2D eigenvalue weighted by Crippen LogP contribution is 2.29. The average molecular weight is 362 g/mol. The molecule has 0 heterocycles. The Labute approximate surface area is 141 Å². The molecule has 0 unspecified atom stereocenters. The van der Waals surface area contributed by atoms with Crippen molar-refractivity contribution in [3.05, 3.63) is 67.6 Å². The third-order valence-electron chi connectivity index (χ3n) is 2.56. The van der Waals surface area contributed by atoms with Gasteiger partial charge in [-0.05, 0) is 24.3 Å². The monoisotopic (exact) mass is 360 g/mol. The van der Waals surface area contributed by atoms with Gasteiger partial charge in [-0.2, -0.15) is 5.10 Å². The van der Waals surface area contributed by atoms with E-state index in [1.165, 1.54) is 6.21 Å². The number of nitrogens with one attached hydrogen (secondary N) is 1. The molecule has 0 aliphatic carbocycles. The van der Waals surface area contributed by atoms with E-state index in [2.05, 4.69) is 10.5 Å². The summed E-state index contributed by atoms with van der Waals surface area (Å²) in [7, 11) is 0. The van der Waals surface area contributed by atoms with E-state index in [1.54, 1.807) is 36.4 Å². The van der Waals surface area contributed by atoms with Crippen molar-refractivity contribution in [1.29, 1.82) is 0 Å². The molecule has 0 saturated heterocycles. The number of carbonyl (C=O) groups excluding carboxylic acids is 1. The average Bonchev–Trinajstić information content (AvgIpc) is 2.47. The summed E-state index contributed by atoms with van der Waals surface area (Å²) in [4.78, 5) is 11.9. The number of benzene rings is 2. The smallest absolute Gasteiger partial charge is 0.267 e. The molecule has 0 radical (unpaired) electrons. The normalized spacial score (nSPS) is 10.9. The highest BCUT2D eigenvalue weighted by atomic mass is 35.5. The van der Waals surface area contributed by atoms with Crippen LogP contribution < -0.4 is 5.43 Å². The van der Waals surface area contributed by atoms with E-state index in [0.717, 1.165) is 0 Å². The quantitative estimate of drug-likeness (QED) is 0.463. The van der Waals surface area contributed by atoms with Gasteiger partial charge in [-0.25, -0.2) is 5.43 Å². The second-order valence-corrected chi connectivity index (χ2v) is 5.54. The van der Waals surface area contributed by atoms with Crippen molar-refractivity contribution in [3.8, 4) is 0 Å². The van der Waals surface area contributed by atoms with Crippen LogP contribution in [-0.2, 0) is 0 Å². The van der Waals surface area contributed by atoms with Crippen LogP contribution >= 0.6 is 46.4 Å². The molecule has 0 aliphatic rings. The second kappa shape index (κ2) is 7.14. The first kappa shape index (κ1) is 16.1. The number of nitrogens with zero attached hydrogens (tertiary/aromatic N) is 1. The molecule has 0 saturated carbocycles. The number of hydrogen-bond acceptors (Lipinski definition) is 2. The van der Waals surface area contributed by atoms with Crippen LogP contribution in [0.5, 0.6) is 0 Å². The number of amides is 1. The van der Waals surface area contributed by atoms with Gasteiger partial charge in [-0.1, -0.05) is 58.5 Å². The van der Waals surface area contributed by atoms with Gasteiger partial charge in [-0.3, -0.25) is 4.79 Å². The van der Waals surface area contributed by atoms with Crippen molar-refractivity contribution in [2.45, 2.75) is 0 Å². The molecule has 1 N–H and O–H groups in total. The van der Waals surface area contributed by atoms with Crippen LogP contribution in [0.25, 0.3) is 0 Å². The molecule has 2 aromatic rings. The summed E-state index contributed by atoms with van der Waals surface area (Å²) in [6, 6.07) is 9.80. The summed E-state index contributed by atoms with van der Waals surface area (Å²) >= 11 is 23.8. The lowest BCUT2D eigenvalue weighted by Gasteiger charge is -2.04. The topological polar surface area (TPSA) is 41.5 Å². The van der Waals surface area contributed by atoms with Crippen LogP contribution in [-0.4, -0.2) is 12.1 Å². The lowest BCUT2D eigenvalue weighted by molar-refractivity contribution is 0.0955. The predicted octanol–water partition coefficient (Wildman–Crippen LogP) is 5.06. The zero-order valence-electron chi connectivity index (χ0n) is 10.4. The maximum absolute atomic E-state index is 11.9. The fourth-order valence-corrected chi connectivity index (χ4v) is 2.38. The number of halogens is 4. The van der Waals surface area contributed by atoms with Gasteiger partial charge in [0.2, 0.25) is 0 Å². The molecule has 2 aromatic carbocycles. The molecule has 0 aromatic heterocycles. The lowest BCUT2D eigenvalue weighted by Crippen LogP contribution is -2.18. The number of carbonyl (C=O) groups is 1. The molecule has 21 heavy (non-hydrogen) atoms. The minimum Gasteiger partial charge on any atom is -0.267 e. The third-order valence-corrected chi connectivity index (χ3v) is 4.04. The summed E-state index contributed by atoms with van der Waals surface area (Å²) in [5, 5.41) is 5.13. The Morgan fingerprint density at radius 3 is 2.33 bits per heavy atom. The maximum Gasteiger partial charge on any atom is 0.272 e. The van der Waals surface area contributed by atoms with Gasteiger partial charge in [0.05, 0.1) is 31.9 Å². The standard InChI is InChI=1S/C14H8Cl4N2O/c15-10-4-2-1-3-8(10)14(21)20-19-7-9-11(16)5-6-12(17)13(9)18/h1-7H,(H,20,21)/b19-7-. The summed E-state index contributed by atoms with van der Waals surface area (Å²) in [6.07, 6.45) is 1.32. The van der Waals surface area contributed by atoms with E-state index in [9.17, 15) is 4.79 Å². The van der Waals surface area contributed by atoms with E-state index in [4.69, 9.17) is 46.4 Å². The van der Waals surface area contributed by atoms with Crippen molar-refractivity contribution in [1.82, 2.24) is 5.43 Å². The molecule has 7 heteroatoms. The fraction of sp³-hybridized carbons (Fsp3) is 0. The molecular formula is C14H8Cl4N2O.